The number of aromatic amines is 1. The van der Waals surface area contributed by atoms with Gasteiger partial charge in [-0.2, -0.15) is 0 Å². The number of hydrogen-bond donors (Lipinski definition) is 2. The second-order valence-electron chi connectivity index (χ2n) is 5.16. The summed E-state index contributed by atoms with van der Waals surface area (Å²) >= 11 is 0. The highest BCUT2D eigenvalue weighted by Gasteiger charge is 2.08. The van der Waals surface area contributed by atoms with Crippen LogP contribution < -0.4 is 5.32 Å². The summed E-state index contributed by atoms with van der Waals surface area (Å²) in [6.45, 7) is 1.03. The van der Waals surface area contributed by atoms with Gasteiger partial charge in [-0.1, -0.05) is 24.3 Å². The fourth-order valence-corrected chi connectivity index (χ4v) is 2.50. The van der Waals surface area contributed by atoms with Gasteiger partial charge in [0.05, 0.1) is 6.61 Å². The van der Waals surface area contributed by atoms with E-state index in [2.05, 4.69) is 10.3 Å². The Kier molecular flexibility index (Phi) is 4.21. The Morgan fingerprint density at radius 1 is 1.14 bits per heavy atom. The quantitative estimate of drug-likeness (QED) is 0.759. The molecule has 1 heterocycles. The van der Waals surface area contributed by atoms with Crippen LogP contribution in [0.1, 0.15) is 21.5 Å². The van der Waals surface area contributed by atoms with Crippen LogP contribution in [0.3, 0.4) is 0 Å². The average molecular weight is 294 g/mol. The molecule has 0 aliphatic rings. The van der Waals surface area contributed by atoms with Gasteiger partial charge in [0, 0.05) is 36.3 Å². The summed E-state index contributed by atoms with van der Waals surface area (Å²) in [5.74, 6) is -0.0738. The Morgan fingerprint density at radius 3 is 2.77 bits per heavy atom. The number of hydrogen-bond acceptors (Lipinski definition) is 2. The van der Waals surface area contributed by atoms with Crippen molar-refractivity contribution < 1.29 is 9.53 Å². The molecule has 3 rings (SSSR count). The normalized spacial score (nSPS) is 10.8. The van der Waals surface area contributed by atoms with Gasteiger partial charge in [-0.25, -0.2) is 0 Å². The summed E-state index contributed by atoms with van der Waals surface area (Å²) < 4.78 is 5.18. The van der Waals surface area contributed by atoms with Gasteiger partial charge < -0.3 is 15.0 Å². The zero-order valence-corrected chi connectivity index (χ0v) is 12.4. The van der Waals surface area contributed by atoms with Crippen molar-refractivity contribution >= 4 is 16.8 Å². The number of methoxy groups -OCH3 is 1. The molecule has 0 saturated heterocycles. The smallest absolute Gasteiger partial charge is 0.251 e. The third-order valence-corrected chi connectivity index (χ3v) is 3.67. The molecule has 4 heteroatoms. The lowest BCUT2D eigenvalue weighted by Crippen LogP contribution is -2.23. The molecule has 22 heavy (non-hydrogen) atoms. The molecular weight excluding hydrogens is 276 g/mol. The van der Waals surface area contributed by atoms with Crippen molar-refractivity contribution in [3.05, 3.63) is 71.4 Å². The van der Waals surface area contributed by atoms with E-state index in [0.29, 0.717) is 18.7 Å². The Bertz CT molecular complexity index is 792. The van der Waals surface area contributed by atoms with Crippen molar-refractivity contribution in [2.45, 2.75) is 13.2 Å². The Labute approximate surface area is 129 Å². The first kappa shape index (κ1) is 14.4. The van der Waals surface area contributed by atoms with Crippen LogP contribution in [0, 0.1) is 0 Å². The number of carbonyl (C=O) groups is 1. The minimum absolute atomic E-state index is 0.0738. The Hall–Kier alpha value is -2.59. The van der Waals surface area contributed by atoms with E-state index in [4.69, 9.17) is 4.74 Å². The number of benzene rings is 2. The molecule has 0 unspecified atom stereocenters. The predicted octanol–water partition coefficient (Wildman–Crippen LogP) is 3.24. The minimum Gasteiger partial charge on any atom is -0.380 e. The molecule has 2 N–H and O–H groups in total. The van der Waals surface area contributed by atoms with E-state index >= 15 is 0 Å². The molecule has 0 aliphatic carbocycles. The minimum atomic E-state index is -0.0738. The lowest BCUT2D eigenvalue weighted by molar-refractivity contribution is 0.0950. The summed E-state index contributed by atoms with van der Waals surface area (Å²) in [6, 6.07) is 15.5. The van der Waals surface area contributed by atoms with Gasteiger partial charge >= 0.3 is 0 Å². The van der Waals surface area contributed by atoms with Crippen LogP contribution in [0.25, 0.3) is 10.9 Å². The van der Waals surface area contributed by atoms with Crippen LogP contribution in [-0.4, -0.2) is 18.0 Å². The van der Waals surface area contributed by atoms with Crippen LogP contribution in [0.15, 0.2) is 54.7 Å². The maximum Gasteiger partial charge on any atom is 0.251 e. The first-order valence-corrected chi connectivity index (χ1v) is 7.19. The molecule has 0 saturated carbocycles. The molecule has 0 radical (unpaired) electrons. The number of amides is 1. The topological polar surface area (TPSA) is 54.1 Å². The van der Waals surface area contributed by atoms with Crippen LogP contribution in [0.4, 0.5) is 0 Å². The van der Waals surface area contributed by atoms with E-state index in [1.54, 1.807) is 7.11 Å². The first-order valence-electron chi connectivity index (χ1n) is 7.19. The third kappa shape index (κ3) is 3.02. The van der Waals surface area contributed by atoms with Gasteiger partial charge in [0.25, 0.3) is 5.91 Å². The molecule has 1 aromatic heterocycles. The van der Waals surface area contributed by atoms with Gasteiger partial charge in [0.1, 0.15) is 0 Å². The summed E-state index contributed by atoms with van der Waals surface area (Å²) in [5.41, 5.74) is 3.85. The fourth-order valence-electron chi connectivity index (χ4n) is 2.50. The maximum atomic E-state index is 12.3. The van der Waals surface area contributed by atoms with Gasteiger partial charge in [0.15, 0.2) is 0 Å². The molecule has 4 nitrogen and oxygen atoms in total. The summed E-state index contributed by atoms with van der Waals surface area (Å²) in [6.07, 6.45) is 1.87. The second kappa shape index (κ2) is 6.45. The molecule has 0 aliphatic heterocycles. The van der Waals surface area contributed by atoms with Crippen molar-refractivity contribution in [3.63, 3.8) is 0 Å². The highest BCUT2D eigenvalue weighted by Crippen LogP contribution is 2.15. The van der Waals surface area contributed by atoms with Crippen LogP contribution in [0.5, 0.6) is 0 Å². The number of nitrogens with one attached hydrogen (secondary N) is 2. The van der Waals surface area contributed by atoms with Gasteiger partial charge in [-0.05, 0) is 35.4 Å². The van der Waals surface area contributed by atoms with E-state index < -0.39 is 0 Å². The van der Waals surface area contributed by atoms with E-state index in [9.17, 15) is 4.79 Å². The highest BCUT2D eigenvalue weighted by molar-refractivity contribution is 5.98. The molecular formula is C18H18N2O2. The average Bonchev–Trinajstić information content (AvgIpc) is 3.01. The molecule has 0 atom stereocenters. The number of ether oxygens (including phenoxy) is 1. The van der Waals surface area contributed by atoms with Crippen LogP contribution in [0.2, 0.25) is 0 Å². The largest absolute Gasteiger partial charge is 0.380 e. The SMILES string of the molecule is COCc1ccccc1CNC(=O)c1ccc2[nH]ccc2c1. The standard InChI is InChI=1S/C18H18N2O2/c1-22-12-16-5-3-2-4-15(16)11-20-18(21)14-6-7-17-13(10-14)8-9-19-17/h2-10,19H,11-12H2,1H3,(H,20,21). The van der Waals surface area contributed by atoms with Crippen molar-refractivity contribution in [3.8, 4) is 0 Å². The number of H-pyrrole nitrogens is 1. The molecule has 1 amide bonds. The monoisotopic (exact) mass is 294 g/mol. The van der Waals surface area contributed by atoms with Crippen molar-refractivity contribution in [1.29, 1.82) is 0 Å². The Morgan fingerprint density at radius 2 is 1.95 bits per heavy atom. The fraction of sp³-hybridized carbons (Fsp3) is 0.167. The second-order valence-corrected chi connectivity index (χ2v) is 5.16. The van der Waals surface area contributed by atoms with Crippen molar-refractivity contribution in [1.82, 2.24) is 10.3 Å². The number of rotatable bonds is 5. The first-order chi connectivity index (χ1) is 10.8. The van der Waals surface area contributed by atoms with Crippen LogP contribution in [-0.2, 0) is 17.9 Å². The van der Waals surface area contributed by atoms with E-state index in [1.165, 1.54) is 0 Å². The van der Waals surface area contributed by atoms with Gasteiger partial charge in [-0.15, -0.1) is 0 Å². The van der Waals surface area contributed by atoms with E-state index in [0.717, 1.165) is 22.0 Å². The summed E-state index contributed by atoms with van der Waals surface area (Å²) in [4.78, 5) is 15.4. The van der Waals surface area contributed by atoms with Crippen molar-refractivity contribution in [2.75, 3.05) is 7.11 Å². The lowest BCUT2D eigenvalue weighted by Gasteiger charge is -2.10. The third-order valence-electron chi connectivity index (χ3n) is 3.67. The molecule has 2 aromatic carbocycles. The molecule has 0 fully saturated rings. The molecule has 0 bridgehead atoms. The van der Waals surface area contributed by atoms with Crippen molar-refractivity contribution in [2.24, 2.45) is 0 Å². The van der Waals surface area contributed by atoms with E-state index in [1.807, 2.05) is 54.7 Å². The zero-order valence-electron chi connectivity index (χ0n) is 12.4. The predicted molar refractivity (Wildman–Crippen MR) is 86.6 cm³/mol. The lowest BCUT2D eigenvalue weighted by atomic mass is 10.1. The van der Waals surface area contributed by atoms with Gasteiger partial charge in [-0.3, -0.25) is 4.79 Å². The summed E-state index contributed by atoms with van der Waals surface area (Å²) in [7, 11) is 1.67. The number of aromatic nitrogens is 1. The highest BCUT2D eigenvalue weighted by atomic mass is 16.5. The maximum absolute atomic E-state index is 12.3. The van der Waals surface area contributed by atoms with Gasteiger partial charge in [0.2, 0.25) is 0 Å². The Balaban J connectivity index is 1.72. The molecule has 112 valence electrons. The zero-order chi connectivity index (χ0) is 15.4. The van der Waals surface area contributed by atoms with Crippen LogP contribution >= 0.6 is 0 Å². The number of fused-ring (bicyclic) bond motifs is 1. The summed E-state index contributed by atoms with van der Waals surface area (Å²) in [5, 5.41) is 4.00. The molecule has 0 spiro atoms. The molecule has 3 aromatic rings. The van der Waals surface area contributed by atoms with E-state index in [-0.39, 0.29) is 5.91 Å². The number of carbonyl (C=O) groups excluding carboxylic acids is 1.